The maximum Gasteiger partial charge on any atom is 0.264 e. The number of carbonyl (C=O) groups excluding carboxylic acids is 1. The van der Waals surface area contributed by atoms with Gasteiger partial charge >= 0.3 is 0 Å². The number of nitrogens with zero attached hydrogens (tertiary/aromatic N) is 4. The van der Waals surface area contributed by atoms with Gasteiger partial charge in [0.25, 0.3) is 5.56 Å². The van der Waals surface area contributed by atoms with Gasteiger partial charge in [-0.1, -0.05) is 0 Å². The van der Waals surface area contributed by atoms with Crippen molar-refractivity contribution in [2.75, 3.05) is 13.7 Å². The molecule has 0 fully saturated rings. The third kappa shape index (κ3) is 2.91. The minimum atomic E-state index is -0.342. The van der Waals surface area contributed by atoms with Gasteiger partial charge in [0, 0.05) is 5.56 Å². The van der Waals surface area contributed by atoms with Gasteiger partial charge in [0.2, 0.25) is 0 Å². The lowest BCUT2D eigenvalue weighted by atomic mass is 10.1. The first-order chi connectivity index (χ1) is 11.6. The van der Waals surface area contributed by atoms with Crippen molar-refractivity contribution >= 4 is 16.8 Å². The van der Waals surface area contributed by atoms with E-state index in [0.717, 1.165) is 0 Å². The van der Waals surface area contributed by atoms with E-state index in [-0.39, 0.29) is 31.0 Å². The van der Waals surface area contributed by atoms with Crippen LogP contribution in [0.15, 0.2) is 41.6 Å². The van der Waals surface area contributed by atoms with Gasteiger partial charge in [-0.2, -0.15) is 5.10 Å². The predicted molar refractivity (Wildman–Crippen MR) is 86.2 cm³/mol. The van der Waals surface area contributed by atoms with Gasteiger partial charge in [-0.15, -0.1) is 0 Å². The molecule has 0 saturated carbocycles. The summed E-state index contributed by atoms with van der Waals surface area (Å²) in [5.41, 5.74) is 0.534. The number of methoxy groups -OCH3 is 1. The molecule has 2 heterocycles. The molecule has 1 aromatic carbocycles. The molecule has 0 unspecified atom stereocenters. The Bertz CT molecular complexity index is 927. The second-order valence-corrected chi connectivity index (χ2v) is 5.16. The summed E-state index contributed by atoms with van der Waals surface area (Å²) in [5, 5.41) is 13.3. The van der Waals surface area contributed by atoms with Crippen LogP contribution >= 0.6 is 0 Å². The fourth-order valence-corrected chi connectivity index (χ4v) is 2.39. The lowest BCUT2D eigenvalue weighted by molar-refractivity contribution is 0.0970. The number of rotatable bonds is 6. The number of carbonyl (C=O) groups is 1. The average molecular weight is 328 g/mol. The summed E-state index contributed by atoms with van der Waals surface area (Å²) in [6, 6.07) is 6.68. The van der Waals surface area contributed by atoms with E-state index in [9.17, 15) is 9.59 Å². The topological polar surface area (TPSA) is 99.2 Å². The Labute approximate surface area is 136 Å². The number of aliphatic hydroxyl groups is 1. The highest BCUT2D eigenvalue weighted by atomic mass is 16.5. The first kappa shape index (κ1) is 15.9. The molecule has 2 aromatic heterocycles. The average Bonchev–Trinajstić information content (AvgIpc) is 3.01. The van der Waals surface area contributed by atoms with Gasteiger partial charge in [0.05, 0.1) is 33.0 Å². The standard InChI is InChI=1S/C16H16N4O4/c1-24-12-4-2-11(3-5-12)14(22)9-19-10-17-15-13(16(19)23)8-18-20(15)6-7-21/h2-5,8,10,21H,6-7,9H2,1H3. The van der Waals surface area contributed by atoms with Crippen LogP contribution in [0.5, 0.6) is 5.75 Å². The van der Waals surface area contributed by atoms with Gasteiger partial charge in [-0.05, 0) is 24.3 Å². The Morgan fingerprint density at radius 1 is 1.29 bits per heavy atom. The SMILES string of the molecule is COc1ccc(C(=O)Cn2cnc3c(cnn3CCO)c2=O)cc1. The van der Waals surface area contributed by atoms with Crippen molar-refractivity contribution in [2.45, 2.75) is 13.1 Å². The Hall–Kier alpha value is -3.00. The smallest absolute Gasteiger partial charge is 0.264 e. The van der Waals surface area contributed by atoms with E-state index < -0.39 is 0 Å². The zero-order valence-corrected chi connectivity index (χ0v) is 13.0. The molecule has 8 nitrogen and oxygen atoms in total. The lowest BCUT2D eigenvalue weighted by Crippen LogP contribution is -2.24. The molecule has 0 aliphatic carbocycles. The third-order valence-corrected chi connectivity index (χ3v) is 3.66. The molecule has 0 atom stereocenters. The minimum absolute atomic E-state index is 0.0997. The molecule has 0 bridgehead atoms. The van der Waals surface area contributed by atoms with Gasteiger partial charge in [-0.25, -0.2) is 9.67 Å². The van der Waals surface area contributed by atoms with E-state index >= 15 is 0 Å². The van der Waals surface area contributed by atoms with E-state index in [0.29, 0.717) is 22.3 Å². The van der Waals surface area contributed by atoms with Crippen LogP contribution in [0.1, 0.15) is 10.4 Å². The number of benzene rings is 1. The summed E-state index contributed by atoms with van der Waals surface area (Å²) < 4.78 is 7.75. The van der Waals surface area contributed by atoms with Crippen molar-refractivity contribution in [1.82, 2.24) is 19.3 Å². The number of aliphatic hydroxyl groups excluding tert-OH is 1. The summed E-state index contributed by atoms with van der Waals surface area (Å²) in [7, 11) is 1.55. The molecule has 3 aromatic rings. The molecule has 1 N–H and O–H groups in total. The molecule has 24 heavy (non-hydrogen) atoms. The van der Waals surface area contributed by atoms with Gasteiger partial charge in [0.15, 0.2) is 11.4 Å². The zero-order valence-electron chi connectivity index (χ0n) is 13.0. The minimum Gasteiger partial charge on any atom is -0.497 e. The zero-order chi connectivity index (χ0) is 17.1. The van der Waals surface area contributed by atoms with E-state index in [1.807, 2.05) is 0 Å². The number of ketones is 1. The Balaban J connectivity index is 1.88. The number of Topliss-reactive ketones (excluding diaryl/α,β-unsaturated/α-hetero) is 1. The Kier molecular flexibility index (Phi) is 4.39. The van der Waals surface area contributed by atoms with Crippen LogP contribution in [0.3, 0.4) is 0 Å². The predicted octanol–water partition coefficient (Wildman–Crippen LogP) is 0.477. The number of hydrogen-bond acceptors (Lipinski definition) is 6. The molecule has 8 heteroatoms. The highest BCUT2D eigenvalue weighted by Gasteiger charge is 2.13. The maximum absolute atomic E-state index is 12.4. The van der Waals surface area contributed by atoms with Crippen molar-refractivity contribution in [1.29, 1.82) is 0 Å². The number of aromatic nitrogens is 4. The first-order valence-corrected chi connectivity index (χ1v) is 7.33. The van der Waals surface area contributed by atoms with Crippen molar-refractivity contribution in [2.24, 2.45) is 0 Å². The fourth-order valence-electron chi connectivity index (χ4n) is 2.39. The largest absolute Gasteiger partial charge is 0.497 e. The van der Waals surface area contributed by atoms with Crippen LogP contribution in [-0.2, 0) is 13.1 Å². The number of fused-ring (bicyclic) bond motifs is 1. The highest BCUT2D eigenvalue weighted by Crippen LogP contribution is 2.12. The second-order valence-electron chi connectivity index (χ2n) is 5.16. The summed E-state index contributed by atoms with van der Waals surface area (Å²) in [4.78, 5) is 29.0. The summed E-state index contributed by atoms with van der Waals surface area (Å²) in [5.74, 6) is 0.451. The molecule has 0 spiro atoms. The van der Waals surface area contributed by atoms with Crippen molar-refractivity contribution in [3.8, 4) is 5.75 Å². The molecule has 124 valence electrons. The molecular formula is C16H16N4O4. The first-order valence-electron chi connectivity index (χ1n) is 7.33. The monoisotopic (exact) mass is 328 g/mol. The summed E-state index contributed by atoms with van der Waals surface area (Å²) in [6.07, 6.45) is 2.72. The second kappa shape index (κ2) is 6.63. The van der Waals surface area contributed by atoms with Crippen LogP contribution in [0.4, 0.5) is 0 Å². The Morgan fingerprint density at radius 2 is 2.04 bits per heavy atom. The molecular weight excluding hydrogens is 312 g/mol. The highest BCUT2D eigenvalue weighted by molar-refractivity contribution is 5.96. The van der Waals surface area contributed by atoms with Crippen LogP contribution < -0.4 is 10.3 Å². The quantitative estimate of drug-likeness (QED) is 0.661. The van der Waals surface area contributed by atoms with Crippen LogP contribution in [0.2, 0.25) is 0 Å². The van der Waals surface area contributed by atoms with Crippen molar-refractivity contribution in [3.05, 3.63) is 52.7 Å². The van der Waals surface area contributed by atoms with Gasteiger partial charge in [0.1, 0.15) is 17.5 Å². The van der Waals surface area contributed by atoms with E-state index in [1.165, 1.54) is 21.8 Å². The number of hydrogen-bond donors (Lipinski definition) is 1. The van der Waals surface area contributed by atoms with E-state index in [1.54, 1.807) is 31.4 Å². The summed E-state index contributed by atoms with van der Waals surface area (Å²) in [6.45, 7) is 0.0432. The number of ether oxygens (including phenoxy) is 1. The molecule has 0 saturated heterocycles. The normalized spacial score (nSPS) is 10.9. The van der Waals surface area contributed by atoms with Crippen LogP contribution in [0, 0.1) is 0 Å². The molecule has 0 aliphatic heterocycles. The van der Waals surface area contributed by atoms with Crippen LogP contribution in [-0.4, -0.2) is 43.9 Å². The van der Waals surface area contributed by atoms with Crippen LogP contribution in [0.25, 0.3) is 11.0 Å². The summed E-state index contributed by atoms with van der Waals surface area (Å²) >= 11 is 0. The molecule has 0 amide bonds. The maximum atomic E-state index is 12.4. The van der Waals surface area contributed by atoms with Crippen molar-refractivity contribution < 1.29 is 14.6 Å². The van der Waals surface area contributed by atoms with E-state index in [2.05, 4.69) is 10.1 Å². The lowest BCUT2D eigenvalue weighted by Gasteiger charge is -2.06. The molecule has 0 radical (unpaired) electrons. The molecule has 0 aliphatic rings. The van der Waals surface area contributed by atoms with Gasteiger partial charge in [-0.3, -0.25) is 14.2 Å². The van der Waals surface area contributed by atoms with E-state index in [4.69, 9.17) is 9.84 Å². The Morgan fingerprint density at radius 3 is 2.71 bits per heavy atom. The van der Waals surface area contributed by atoms with Crippen molar-refractivity contribution in [3.63, 3.8) is 0 Å². The fraction of sp³-hybridized carbons (Fsp3) is 0.250. The third-order valence-electron chi connectivity index (χ3n) is 3.66. The van der Waals surface area contributed by atoms with Gasteiger partial charge < -0.3 is 9.84 Å². The molecule has 3 rings (SSSR count).